The normalized spacial score (nSPS) is 24.4. The largest absolute Gasteiger partial charge is 0.444 e. The summed E-state index contributed by atoms with van der Waals surface area (Å²) in [7, 11) is 0. The van der Waals surface area contributed by atoms with Crippen molar-refractivity contribution in [2.75, 3.05) is 37.6 Å². The second-order valence-corrected chi connectivity index (χ2v) is 10.4. The molecule has 10 nitrogen and oxygen atoms in total. The van der Waals surface area contributed by atoms with Crippen LogP contribution in [0.3, 0.4) is 0 Å². The number of morpholine rings is 1. The summed E-state index contributed by atoms with van der Waals surface area (Å²) in [6, 6.07) is 5.70. The van der Waals surface area contributed by atoms with Gasteiger partial charge < -0.3 is 24.6 Å². The molecule has 0 radical (unpaired) electrons. The number of aromatic nitrogens is 2. The number of nitrogens with zero attached hydrogens (tertiary/aromatic N) is 5. The number of alkyl halides is 1. The summed E-state index contributed by atoms with van der Waals surface area (Å²) in [6.45, 7) is 7.71. The molecule has 2 fully saturated rings. The van der Waals surface area contributed by atoms with E-state index in [4.69, 9.17) is 9.47 Å². The fourth-order valence-corrected chi connectivity index (χ4v) is 4.51. The average molecular weight is 499 g/mol. The zero-order valence-corrected chi connectivity index (χ0v) is 21.0. The Hall–Kier alpha value is -3.52. The van der Waals surface area contributed by atoms with Gasteiger partial charge in [-0.05, 0) is 39.8 Å². The summed E-state index contributed by atoms with van der Waals surface area (Å²) in [6.07, 6.45) is 1.65. The molecule has 2 aromatic rings. The van der Waals surface area contributed by atoms with Crippen molar-refractivity contribution in [3.05, 3.63) is 30.2 Å². The lowest BCUT2D eigenvalue weighted by Crippen LogP contribution is -2.54. The molecule has 11 heteroatoms. The molecule has 2 amide bonds. The Balaban J connectivity index is 1.41. The highest BCUT2D eigenvalue weighted by Gasteiger charge is 2.42. The summed E-state index contributed by atoms with van der Waals surface area (Å²) >= 11 is 0. The van der Waals surface area contributed by atoms with Crippen LogP contribution < -0.4 is 10.2 Å². The number of hydrogen-bond acceptors (Lipinski definition) is 8. The van der Waals surface area contributed by atoms with E-state index in [0.717, 1.165) is 11.1 Å². The van der Waals surface area contributed by atoms with E-state index < -0.39 is 29.4 Å². The predicted octanol–water partition coefficient (Wildman–Crippen LogP) is 2.56. The molecule has 0 spiro atoms. The average Bonchev–Trinajstić information content (AvgIpc) is 3.23. The predicted molar refractivity (Wildman–Crippen MR) is 130 cm³/mol. The minimum atomic E-state index is -1.74. The number of carbonyl (C=O) groups excluding carboxylic acids is 2. The standard InChI is InChI=1S/C25H31FN6O4/c1-16-12-32(19-11-29-18(10-27)21-17(19)6-5-8-28-21)13-20(35-16)22(33)30-14-25(26)7-9-31(15-25)23(34)36-24(2,3)4/h5-6,8,11,16,20H,7,9,12-15H2,1-4H3,(H,30,33)/t16-,20?,25-/m1/s1. The minimum absolute atomic E-state index is 0.108. The van der Waals surface area contributed by atoms with Crippen molar-refractivity contribution in [2.45, 2.75) is 57.6 Å². The van der Waals surface area contributed by atoms with Crippen molar-refractivity contribution in [3.8, 4) is 6.07 Å². The molecule has 0 bridgehead atoms. The number of amides is 2. The van der Waals surface area contributed by atoms with Crippen LogP contribution >= 0.6 is 0 Å². The van der Waals surface area contributed by atoms with Crippen LogP contribution in [0.5, 0.6) is 0 Å². The molecule has 2 saturated heterocycles. The molecular formula is C25H31FN6O4. The Bertz CT molecular complexity index is 1200. The van der Waals surface area contributed by atoms with Crippen molar-refractivity contribution in [1.82, 2.24) is 20.2 Å². The Labute approximate surface area is 209 Å². The first-order valence-corrected chi connectivity index (χ1v) is 12.0. The molecule has 0 aliphatic carbocycles. The van der Waals surface area contributed by atoms with E-state index in [0.29, 0.717) is 12.1 Å². The van der Waals surface area contributed by atoms with E-state index >= 15 is 4.39 Å². The molecule has 4 heterocycles. The zero-order valence-electron chi connectivity index (χ0n) is 21.0. The Morgan fingerprint density at radius 1 is 1.36 bits per heavy atom. The fourth-order valence-electron chi connectivity index (χ4n) is 4.51. The Kier molecular flexibility index (Phi) is 7.00. The summed E-state index contributed by atoms with van der Waals surface area (Å²) in [5.74, 6) is -0.427. The van der Waals surface area contributed by atoms with Gasteiger partial charge in [-0.2, -0.15) is 5.26 Å². The second kappa shape index (κ2) is 9.85. The van der Waals surface area contributed by atoms with Crippen molar-refractivity contribution in [2.24, 2.45) is 0 Å². The minimum Gasteiger partial charge on any atom is -0.444 e. The first-order valence-electron chi connectivity index (χ1n) is 12.0. The molecule has 0 aromatic carbocycles. The molecule has 192 valence electrons. The maximum absolute atomic E-state index is 15.4. The van der Waals surface area contributed by atoms with Gasteiger partial charge in [-0.15, -0.1) is 0 Å². The van der Waals surface area contributed by atoms with E-state index in [2.05, 4.69) is 21.4 Å². The van der Waals surface area contributed by atoms with E-state index in [1.54, 1.807) is 39.2 Å². The lowest BCUT2D eigenvalue weighted by atomic mass is 10.1. The van der Waals surface area contributed by atoms with Crippen LogP contribution in [0, 0.1) is 11.3 Å². The fraction of sp³-hybridized carbons (Fsp3) is 0.560. The maximum Gasteiger partial charge on any atom is 0.410 e. The molecule has 2 aliphatic heterocycles. The molecule has 2 aliphatic rings. The summed E-state index contributed by atoms with van der Waals surface area (Å²) in [4.78, 5) is 37.1. The monoisotopic (exact) mass is 498 g/mol. The number of fused-ring (bicyclic) bond motifs is 1. The van der Waals surface area contributed by atoms with E-state index in [9.17, 15) is 14.9 Å². The lowest BCUT2D eigenvalue weighted by molar-refractivity contribution is -0.137. The van der Waals surface area contributed by atoms with E-state index in [1.807, 2.05) is 17.9 Å². The number of halogens is 1. The molecule has 3 atom stereocenters. The van der Waals surface area contributed by atoms with Crippen LogP contribution in [-0.4, -0.2) is 83.1 Å². The van der Waals surface area contributed by atoms with Gasteiger partial charge in [0.25, 0.3) is 5.91 Å². The third-order valence-corrected chi connectivity index (χ3v) is 6.16. The van der Waals surface area contributed by atoms with Crippen LogP contribution in [-0.2, 0) is 14.3 Å². The smallest absolute Gasteiger partial charge is 0.410 e. The molecule has 2 aromatic heterocycles. The number of likely N-dealkylation sites (tertiary alicyclic amines) is 1. The molecule has 1 unspecified atom stereocenters. The molecule has 0 saturated carbocycles. The maximum atomic E-state index is 15.4. The van der Waals surface area contributed by atoms with Gasteiger partial charge in [0.2, 0.25) is 0 Å². The van der Waals surface area contributed by atoms with E-state index in [-0.39, 0.29) is 44.4 Å². The number of rotatable bonds is 4. The SMILES string of the molecule is C[C@@H]1CN(c2cnc(C#N)c3ncccc23)CC(C(=O)NC[C@]2(F)CCN(C(=O)OC(C)(C)C)C2)O1. The third-order valence-electron chi connectivity index (χ3n) is 6.16. The second-order valence-electron chi connectivity index (χ2n) is 10.4. The number of hydrogen-bond donors (Lipinski definition) is 1. The van der Waals surface area contributed by atoms with Crippen molar-refractivity contribution in [3.63, 3.8) is 0 Å². The third kappa shape index (κ3) is 5.65. The highest BCUT2D eigenvalue weighted by atomic mass is 19.1. The summed E-state index contributed by atoms with van der Waals surface area (Å²) in [5, 5.41) is 12.8. The number of pyridine rings is 2. The van der Waals surface area contributed by atoms with Crippen molar-refractivity contribution in [1.29, 1.82) is 5.26 Å². The Morgan fingerprint density at radius 2 is 2.14 bits per heavy atom. The first kappa shape index (κ1) is 25.6. The van der Waals surface area contributed by atoms with Gasteiger partial charge in [0.1, 0.15) is 22.9 Å². The van der Waals surface area contributed by atoms with Gasteiger partial charge in [0.15, 0.2) is 11.8 Å². The molecule has 1 N–H and O–H groups in total. The first-order chi connectivity index (χ1) is 17.0. The van der Waals surface area contributed by atoms with Crippen molar-refractivity contribution >= 4 is 28.6 Å². The number of nitriles is 1. The number of nitrogens with one attached hydrogen (secondary N) is 1. The van der Waals surface area contributed by atoms with Gasteiger partial charge in [-0.3, -0.25) is 9.78 Å². The van der Waals surface area contributed by atoms with Gasteiger partial charge in [0.05, 0.1) is 37.6 Å². The van der Waals surface area contributed by atoms with Crippen LogP contribution in [0.25, 0.3) is 10.9 Å². The summed E-state index contributed by atoms with van der Waals surface area (Å²) in [5.41, 5.74) is -0.941. The number of anilines is 1. The van der Waals surface area contributed by atoms with Gasteiger partial charge in [-0.1, -0.05) is 0 Å². The molecular weight excluding hydrogens is 467 g/mol. The molecule has 4 rings (SSSR count). The van der Waals surface area contributed by atoms with Crippen molar-refractivity contribution < 1.29 is 23.5 Å². The highest BCUT2D eigenvalue weighted by molar-refractivity contribution is 5.94. The lowest BCUT2D eigenvalue weighted by Gasteiger charge is -2.38. The van der Waals surface area contributed by atoms with Crippen LogP contribution in [0.4, 0.5) is 14.9 Å². The highest BCUT2D eigenvalue weighted by Crippen LogP contribution is 2.30. The number of carbonyl (C=O) groups is 2. The van der Waals surface area contributed by atoms with Gasteiger partial charge in [0, 0.05) is 31.1 Å². The molecule has 36 heavy (non-hydrogen) atoms. The van der Waals surface area contributed by atoms with Crippen LogP contribution in [0.15, 0.2) is 24.5 Å². The van der Waals surface area contributed by atoms with Gasteiger partial charge >= 0.3 is 6.09 Å². The number of ether oxygens (including phenoxy) is 2. The van der Waals surface area contributed by atoms with Crippen LogP contribution in [0.2, 0.25) is 0 Å². The topological polar surface area (TPSA) is 121 Å². The van der Waals surface area contributed by atoms with Crippen LogP contribution in [0.1, 0.15) is 39.8 Å². The van der Waals surface area contributed by atoms with Gasteiger partial charge in [-0.25, -0.2) is 14.2 Å². The van der Waals surface area contributed by atoms with E-state index in [1.165, 1.54) is 4.90 Å². The Morgan fingerprint density at radius 3 is 2.86 bits per heavy atom. The summed E-state index contributed by atoms with van der Waals surface area (Å²) < 4.78 is 26.6. The quantitative estimate of drug-likeness (QED) is 0.683. The zero-order chi connectivity index (χ0) is 26.1.